The molecule has 0 spiro atoms. The number of nitrogens with zero attached hydrogens (tertiary/aromatic N) is 4. The van der Waals surface area contributed by atoms with Gasteiger partial charge in [-0.05, 0) is 29.8 Å². The van der Waals surface area contributed by atoms with E-state index in [0.29, 0.717) is 28.9 Å². The van der Waals surface area contributed by atoms with Gasteiger partial charge in [0.2, 0.25) is 0 Å². The molecular formula is C13H17BrN6O2. The number of aromatic nitrogens is 4. The third kappa shape index (κ3) is 3.03. The van der Waals surface area contributed by atoms with Crippen LogP contribution in [0.5, 0.6) is 0 Å². The number of anilines is 1. The van der Waals surface area contributed by atoms with E-state index in [2.05, 4.69) is 36.8 Å². The Morgan fingerprint density at radius 2 is 2.00 bits per heavy atom. The number of rotatable bonds is 5. The monoisotopic (exact) mass is 368 g/mol. The van der Waals surface area contributed by atoms with Crippen LogP contribution < -0.4 is 10.6 Å². The molecule has 2 N–H and O–H groups in total. The van der Waals surface area contributed by atoms with Crippen molar-refractivity contribution in [2.24, 2.45) is 0 Å². The molecule has 2 rings (SSSR count). The Balaban J connectivity index is 2.33. The predicted octanol–water partition coefficient (Wildman–Crippen LogP) is 1.49. The molecule has 0 atom stereocenters. The molecule has 0 aromatic carbocycles. The zero-order chi connectivity index (χ0) is 16.3. The molecule has 2 amide bonds. The van der Waals surface area contributed by atoms with Crippen LogP contribution in [0.3, 0.4) is 0 Å². The zero-order valence-electron chi connectivity index (χ0n) is 12.6. The van der Waals surface area contributed by atoms with E-state index in [1.807, 2.05) is 13.8 Å². The Labute approximate surface area is 136 Å². The van der Waals surface area contributed by atoms with E-state index >= 15 is 0 Å². The molecule has 2 aromatic heterocycles. The molecule has 0 aliphatic rings. The van der Waals surface area contributed by atoms with Gasteiger partial charge in [-0.15, -0.1) is 0 Å². The number of carbonyl (C=O) groups excluding carboxylic acids is 2. The second kappa shape index (κ2) is 6.73. The SMILES string of the molecule is CCn1cc(NC(=O)c2c(Br)cnn2CC)c(C(=O)NC)n1. The van der Waals surface area contributed by atoms with Crippen molar-refractivity contribution in [3.05, 3.63) is 28.3 Å². The van der Waals surface area contributed by atoms with Gasteiger partial charge in [0.05, 0.1) is 16.4 Å². The summed E-state index contributed by atoms with van der Waals surface area (Å²) in [6.45, 7) is 4.94. The minimum Gasteiger partial charge on any atom is -0.354 e. The van der Waals surface area contributed by atoms with Crippen LogP contribution >= 0.6 is 15.9 Å². The summed E-state index contributed by atoms with van der Waals surface area (Å²) in [4.78, 5) is 24.3. The molecule has 118 valence electrons. The smallest absolute Gasteiger partial charge is 0.275 e. The molecule has 0 aliphatic carbocycles. The second-order valence-corrected chi connectivity index (χ2v) is 5.29. The van der Waals surface area contributed by atoms with E-state index < -0.39 is 0 Å². The lowest BCUT2D eigenvalue weighted by Gasteiger charge is -2.07. The second-order valence-electron chi connectivity index (χ2n) is 4.44. The molecule has 2 aromatic rings. The summed E-state index contributed by atoms with van der Waals surface area (Å²) in [6.07, 6.45) is 3.19. The highest BCUT2D eigenvalue weighted by atomic mass is 79.9. The van der Waals surface area contributed by atoms with Crippen molar-refractivity contribution in [2.45, 2.75) is 26.9 Å². The van der Waals surface area contributed by atoms with Crippen molar-refractivity contribution in [1.29, 1.82) is 0 Å². The highest BCUT2D eigenvalue weighted by Crippen LogP contribution is 2.20. The summed E-state index contributed by atoms with van der Waals surface area (Å²) in [5.41, 5.74) is 0.938. The summed E-state index contributed by atoms with van der Waals surface area (Å²) in [6, 6.07) is 0. The summed E-state index contributed by atoms with van der Waals surface area (Å²) in [7, 11) is 1.52. The average molecular weight is 369 g/mol. The minimum atomic E-state index is -0.356. The van der Waals surface area contributed by atoms with Gasteiger partial charge in [-0.3, -0.25) is 19.0 Å². The number of aryl methyl sites for hydroxylation is 2. The van der Waals surface area contributed by atoms with Crippen LogP contribution in [-0.2, 0) is 13.1 Å². The molecule has 0 saturated heterocycles. The number of carbonyl (C=O) groups is 2. The van der Waals surface area contributed by atoms with Crippen LogP contribution in [0.1, 0.15) is 34.8 Å². The fourth-order valence-corrected chi connectivity index (χ4v) is 2.45. The molecule has 2 heterocycles. The van der Waals surface area contributed by atoms with Gasteiger partial charge in [-0.1, -0.05) is 0 Å². The summed E-state index contributed by atoms with van der Waals surface area (Å²) in [5, 5.41) is 13.5. The number of nitrogens with one attached hydrogen (secondary N) is 2. The van der Waals surface area contributed by atoms with Gasteiger partial charge >= 0.3 is 0 Å². The molecule has 22 heavy (non-hydrogen) atoms. The molecule has 0 radical (unpaired) electrons. The van der Waals surface area contributed by atoms with Gasteiger partial charge in [0.1, 0.15) is 5.69 Å². The third-order valence-corrected chi connectivity index (χ3v) is 3.67. The minimum absolute atomic E-state index is 0.177. The van der Waals surface area contributed by atoms with E-state index in [9.17, 15) is 9.59 Å². The first kappa shape index (κ1) is 16.2. The van der Waals surface area contributed by atoms with Crippen molar-refractivity contribution >= 4 is 33.4 Å². The maximum absolute atomic E-state index is 12.5. The lowest BCUT2D eigenvalue weighted by molar-refractivity contribution is 0.0958. The maximum atomic E-state index is 12.5. The standard InChI is InChI=1S/C13H17BrN6O2/c1-4-19-7-9(10(18-19)12(21)15-3)17-13(22)11-8(14)6-16-20(11)5-2/h6-7H,4-5H2,1-3H3,(H,15,21)(H,17,22). The first-order chi connectivity index (χ1) is 10.5. The van der Waals surface area contributed by atoms with Gasteiger partial charge in [0.15, 0.2) is 5.69 Å². The largest absolute Gasteiger partial charge is 0.354 e. The average Bonchev–Trinajstić information content (AvgIpc) is 3.09. The quantitative estimate of drug-likeness (QED) is 0.835. The third-order valence-electron chi connectivity index (χ3n) is 3.09. The van der Waals surface area contributed by atoms with Crippen molar-refractivity contribution < 1.29 is 9.59 Å². The molecule has 0 aliphatic heterocycles. The summed E-state index contributed by atoms with van der Waals surface area (Å²) in [5.74, 6) is -0.711. The molecule has 9 heteroatoms. The van der Waals surface area contributed by atoms with Crippen LogP contribution in [0.4, 0.5) is 5.69 Å². The van der Waals surface area contributed by atoms with Gasteiger partial charge in [-0.2, -0.15) is 10.2 Å². The van der Waals surface area contributed by atoms with Gasteiger partial charge in [-0.25, -0.2) is 0 Å². The number of hydrogen-bond acceptors (Lipinski definition) is 4. The first-order valence-corrected chi connectivity index (χ1v) is 7.63. The number of hydrogen-bond donors (Lipinski definition) is 2. The van der Waals surface area contributed by atoms with Crippen molar-refractivity contribution in [3.8, 4) is 0 Å². The van der Waals surface area contributed by atoms with Gasteiger partial charge in [0.25, 0.3) is 11.8 Å². The van der Waals surface area contributed by atoms with E-state index in [1.165, 1.54) is 7.05 Å². The number of halogens is 1. The maximum Gasteiger partial charge on any atom is 0.275 e. The van der Waals surface area contributed by atoms with Crippen LogP contribution in [0, 0.1) is 0 Å². The van der Waals surface area contributed by atoms with E-state index in [0.717, 1.165) is 0 Å². The fraction of sp³-hybridized carbons (Fsp3) is 0.385. The van der Waals surface area contributed by atoms with Crippen molar-refractivity contribution in [1.82, 2.24) is 24.9 Å². The summed E-state index contributed by atoms with van der Waals surface area (Å²) < 4.78 is 3.76. The molecule has 0 saturated carbocycles. The molecule has 0 fully saturated rings. The van der Waals surface area contributed by atoms with E-state index in [4.69, 9.17) is 0 Å². The van der Waals surface area contributed by atoms with Crippen LogP contribution in [0.2, 0.25) is 0 Å². The Morgan fingerprint density at radius 3 is 2.59 bits per heavy atom. The van der Waals surface area contributed by atoms with Gasteiger partial charge < -0.3 is 10.6 Å². The highest BCUT2D eigenvalue weighted by Gasteiger charge is 2.21. The van der Waals surface area contributed by atoms with Crippen molar-refractivity contribution in [3.63, 3.8) is 0 Å². The van der Waals surface area contributed by atoms with Crippen LogP contribution in [0.25, 0.3) is 0 Å². The Hall–Kier alpha value is -2.16. The summed E-state index contributed by atoms with van der Waals surface area (Å²) >= 11 is 3.31. The van der Waals surface area contributed by atoms with Crippen molar-refractivity contribution in [2.75, 3.05) is 12.4 Å². The lowest BCUT2D eigenvalue weighted by Crippen LogP contribution is -2.23. The van der Waals surface area contributed by atoms with E-state index in [-0.39, 0.29) is 17.5 Å². The fourth-order valence-electron chi connectivity index (χ4n) is 1.97. The topological polar surface area (TPSA) is 93.8 Å². The first-order valence-electron chi connectivity index (χ1n) is 6.83. The van der Waals surface area contributed by atoms with Gasteiger partial charge in [0, 0.05) is 26.3 Å². The van der Waals surface area contributed by atoms with Crippen LogP contribution in [0.15, 0.2) is 16.9 Å². The molecular weight excluding hydrogens is 352 g/mol. The van der Waals surface area contributed by atoms with Crippen LogP contribution in [-0.4, -0.2) is 38.4 Å². The number of amides is 2. The van der Waals surface area contributed by atoms with E-state index in [1.54, 1.807) is 21.8 Å². The Bertz CT molecular complexity index is 705. The lowest BCUT2D eigenvalue weighted by atomic mass is 10.3. The molecule has 8 nitrogen and oxygen atoms in total. The Kier molecular flexibility index (Phi) is 4.96. The zero-order valence-corrected chi connectivity index (χ0v) is 14.1. The predicted molar refractivity (Wildman–Crippen MR) is 84.8 cm³/mol. The normalized spacial score (nSPS) is 10.5. The molecule has 0 unspecified atom stereocenters. The Morgan fingerprint density at radius 1 is 1.27 bits per heavy atom. The molecule has 0 bridgehead atoms. The highest BCUT2D eigenvalue weighted by molar-refractivity contribution is 9.10.